The van der Waals surface area contributed by atoms with Crippen molar-refractivity contribution in [2.75, 3.05) is 24.5 Å². The van der Waals surface area contributed by atoms with Crippen molar-refractivity contribution in [2.24, 2.45) is 7.05 Å². The number of nitrogens with zero attached hydrogens (tertiary/aromatic N) is 4. The molecule has 0 spiro atoms. The van der Waals surface area contributed by atoms with Crippen LogP contribution in [0.25, 0.3) is 0 Å². The lowest BCUT2D eigenvalue weighted by Crippen LogP contribution is -2.53. The highest BCUT2D eigenvalue weighted by Crippen LogP contribution is 2.22. The molecule has 2 aromatic rings. The van der Waals surface area contributed by atoms with E-state index in [9.17, 15) is 19.6 Å². The molecule has 7 heteroatoms. The molecule has 144 valence electrons. The second-order valence-electron chi connectivity index (χ2n) is 7.09. The Hall–Kier alpha value is -3.40. The van der Waals surface area contributed by atoms with E-state index in [0.717, 1.165) is 5.69 Å². The van der Waals surface area contributed by atoms with Gasteiger partial charge >= 0.3 is 0 Å². The molecule has 1 aromatic heterocycles. The van der Waals surface area contributed by atoms with Gasteiger partial charge in [0.1, 0.15) is 18.2 Å². The highest BCUT2D eigenvalue weighted by atomic mass is 16.2. The van der Waals surface area contributed by atoms with Gasteiger partial charge in [-0.3, -0.25) is 14.4 Å². The SMILES string of the molecule is CC(C)c1ccc(C(=O)N2CCN(c3ccccc3C#N)C(=O)C2)c(=O)n1C. The van der Waals surface area contributed by atoms with Crippen molar-refractivity contribution < 1.29 is 9.59 Å². The summed E-state index contributed by atoms with van der Waals surface area (Å²) in [4.78, 5) is 41.0. The number of anilines is 1. The second kappa shape index (κ2) is 7.69. The highest BCUT2D eigenvalue weighted by Gasteiger charge is 2.31. The Kier molecular flexibility index (Phi) is 5.32. The van der Waals surface area contributed by atoms with Crippen LogP contribution in [0.3, 0.4) is 0 Å². The predicted molar refractivity (Wildman–Crippen MR) is 105 cm³/mol. The summed E-state index contributed by atoms with van der Waals surface area (Å²) in [5, 5.41) is 9.25. The van der Waals surface area contributed by atoms with Gasteiger partial charge in [-0.05, 0) is 30.2 Å². The number of carbonyl (C=O) groups is 2. The van der Waals surface area contributed by atoms with Crippen molar-refractivity contribution in [1.29, 1.82) is 5.26 Å². The Morgan fingerprint density at radius 1 is 1.11 bits per heavy atom. The van der Waals surface area contributed by atoms with Crippen LogP contribution in [0.4, 0.5) is 5.69 Å². The maximum atomic E-state index is 12.9. The third kappa shape index (κ3) is 3.41. The molecule has 2 heterocycles. The van der Waals surface area contributed by atoms with E-state index < -0.39 is 5.91 Å². The summed E-state index contributed by atoms with van der Waals surface area (Å²) in [6.07, 6.45) is 0. The highest BCUT2D eigenvalue weighted by molar-refractivity contribution is 6.02. The molecule has 0 unspecified atom stereocenters. The molecule has 0 bridgehead atoms. The molecule has 2 amide bonds. The summed E-state index contributed by atoms with van der Waals surface area (Å²) in [6.45, 7) is 4.39. The van der Waals surface area contributed by atoms with Gasteiger partial charge in [0.15, 0.2) is 0 Å². The number of hydrogen-bond acceptors (Lipinski definition) is 4. The van der Waals surface area contributed by atoms with Crippen LogP contribution in [-0.2, 0) is 11.8 Å². The molecule has 28 heavy (non-hydrogen) atoms. The van der Waals surface area contributed by atoms with Crippen LogP contribution in [0, 0.1) is 11.3 Å². The van der Waals surface area contributed by atoms with Gasteiger partial charge in [0.2, 0.25) is 5.91 Å². The zero-order chi connectivity index (χ0) is 20.4. The third-order valence-electron chi connectivity index (χ3n) is 4.99. The van der Waals surface area contributed by atoms with E-state index >= 15 is 0 Å². The Balaban J connectivity index is 1.82. The maximum absolute atomic E-state index is 12.9. The summed E-state index contributed by atoms with van der Waals surface area (Å²) in [5.74, 6) is -0.567. The van der Waals surface area contributed by atoms with Crippen LogP contribution in [0.1, 0.15) is 41.4 Å². The minimum atomic E-state index is -0.447. The number of carbonyl (C=O) groups excluding carboxylic acids is 2. The van der Waals surface area contributed by atoms with Gasteiger partial charge in [0.25, 0.3) is 11.5 Å². The Bertz CT molecular complexity index is 1030. The molecule has 1 fully saturated rings. The number of piperazine rings is 1. The first kappa shape index (κ1) is 19.4. The number of nitriles is 1. The van der Waals surface area contributed by atoms with Crippen LogP contribution in [0.5, 0.6) is 0 Å². The minimum absolute atomic E-state index is 0.0607. The predicted octanol–water partition coefficient (Wildman–Crippen LogP) is 1.87. The lowest BCUT2D eigenvalue weighted by molar-refractivity contribution is -0.120. The molecule has 1 aliphatic heterocycles. The Morgan fingerprint density at radius 3 is 2.46 bits per heavy atom. The van der Waals surface area contributed by atoms with Crippen molar-refractivity contribution in [1.82, 2.24) is 9.47 Å². The summed E-state index contributed by atoms with van der Waals surface area (Å²) < 4.78 is 1.49. The topological polar surface area (TPSA) is 86.4 Å². The molecular weight excluding hydrogens is 356 g/mol. The number of amides is 2. The normalized spacial score (nSPS) is 14.3. The molecule has 1 aliphatic rings. The van der Waals surface area contributed by atoms with Crippen LogP contribution in [0.15, 0.2) is 41.2 Å². The van der Waals surface area contributed by atoms with Crippen LogP contribution in [-0.4, -0.2) is 40.9 Å². The van der Waals surface area contributed by atoms with Gasteiger partial charge in [-0.15, -0.1) is 0 Å². The van der Waals surface area contributed by atoms with E-state index in [4.69, 9.17) is 0 Å². The lowest BCUT2D eigenvalue weighted by Gasteiger charge is -2.34. The second-order valence-corrected chi connectivity index (χ2v) is 7.09. The van der Waals surface area contributed by atoms with Crippen molar-refractivity contribution in [3.8, 4) is 6.07 Å². The monoisotopic (exact) mass is 378 g/mol. The summed E-state index contributed by atoms with van der Waals surface area (Å²) >= 11 is 0. The van der Waals surface area contributed by atoms with Gasteiger partial charge in [-0.1, -0.05) is 26.0 Å². The Labute approximate surface area is 163 Å². The average Bonchev–Trinajstić information content (AvgIpc) is 2.69. The van der Waals surface area contributed by atoms with Crippen LogP contribution >= 0.6 is 0 Å². The fourth-order valence-electron chi connectivity index (χ4n) is 3.47. The number of aromatic nitrogens is 1. The van der Waals surface area contributed by atoms with Crippen molar-refractivity contribution in [2.45, 2.75) is 19.8 Å². The molecule has 7 nitrogen and oxygen atoms in total. The first-order valence-electron chi connectivity index (χ1n) is 9.13. The number of hydrogen-bond donors (Lipinski definition) is 0. The fourth-order valence-corrected chi connectivity index (χ4v) is 3.47. The number of rotatable bonds is 3. The molecule has 3 rings (SSSR count). The average molecular weight is 378 g/mol. The quantitative estimate of drug-likeness (QED) is 0.816. The molecule has 1 saturated heterocycles. The molecule has 0 atom stereocenters. The summed E-state index contributed by atoms with van der Waals surface area (Å²) in [6, 6.07) is 12.3. The van der Waals surface area contributed by atoms with Gasteiger partial charge in [0.05, 0.1) is 11.3 Å². The van der Waals surface area contributed by atoms with Crippen molar-refractivity contribution in [3.05, 3.63) is 63.6 Å². The van der Waals surface area contributed by atoms with E-state index in [0.29, 0.717) is 17.8 Å². The number of pyridine rings is 1. The maximum Gasteiger partial charge on any atom is 0.263 e. The van der Waals surface area contributed by atoms with E-state index in [1.54, 1.807) is 43.4 Å². The molecule has 1 aromatic carbocycles. The van der Waals surface area contributed by atoms with Crippen LogP contribution < -0.4 is 10.5 Å². The minimum Gasteiger partial charge on any atom is -0.327 e. The molecular formula is C21H22N4O3. The van der Waals surface area contributed by atoms with Crippen LogP contribution in [0.2, 0.25) is 0 Å². The first-order valence-corrected chi connectivity index (χ1v) is 9.13. The number of para-hydroxylation sites is 1. The summed E-state index contributed by atoms with van der Waals surface area (Å²) in [5.41, 5.74) is 1.50. The van der Waals surface area contributed by atoms with E-state index in [-0.39, 0.29) is 36.0 Å². The lowest BCUT2D eigenvalue weighted by atomic mass is 10.1. The summed E-state index contributed by atoms with van der Waals surface area (Å²) in [7, 11) is 1.65. The molecule has 0 N–H and O–H groups in total. The van der Waals surface area contributed by atoms with E-state index in [1.165, 1.54) is 14.4 Å². The standard InChI is InChI=1S/C21H22N4O3/c1-14(2)17-9-8-16(20(27)23(17)3)21(28)24-10-11-25(19(26)13-24)18-7-5-4-6-15(18)12-22/h4-9,14H,10-11,13H2,1-3H3. The fraction of sp³-hybridized carbons (Fsp3) is 0.333. The van der Waals surface area contributed by atoms with E-state index in [1.807, 2.05) is 13.8 Å². The van der Waals surface area contributed by atoms with Gasteiger partial charge in [0, 0.05) is 25.8 Å². The zero-order valence-electron chi connectivity index (χ0n) is 16.2. The number of benzene rings is 1. The largest absolute Gasteiger partial charge is 0.327 e. The van der Waals surface area contributed by atoms with Gasteiger partial charge in [-0.25, -0.2) is 0 Å². The van der Waals surface area contributed by atoms with Crippen molar-refractivity contribution in [3.63, 3.8) is 0 Å². The van der Waals surface area contributed by atoms with Crippen molar-refractivity contribution >= 4 is 17.5 Å². The van der Waals surface area contributed by atoms with E-state index in [2.05, 4.69) is 6.07 Å². The Morgan fingerprint density at radius 2 is 1.82 bits per heavy atom. The van der Waals surface area contributed by atoms with Gasteiger partial charge < -0.3 is 14.4 Å². The van der Waals surface area contributed by atoms with Gasteiger partial charge in [-0.2, -0.15) is 5.26 Å². The first-order chi connectivity index (χ1) is 13.3. The molecule has 0 aliphatic carbocycles. The smallest absolute Gasteiger partial charge is 0.263 e. The molecule has 0 radical (unpaired) electrons. The zero-order valence-corrected chi connectivity index (χ0v) is 16.2. The third-order valence-corrected chi connectivity index (χ3v) is 4.99. The molecule has 0 saturated carbocycles.